The van der Waals surface area contributed by atoms with Gasteiger partial charge in [0.2, 0.25) is 5.91 Å². The van der Waals surface area contributed by atoms with Crippen molar-refractivity contribution < 1.29 is 19.0 Å². The van der Waals surface area contributed by atoms with Crippen LogP contribution in [0.2, 0.25) is 0 Å². The molecule has 2 fully saturated rings. The highest BCUT2D eigenvalue weighted by atomic mass is 16.7. The third kappa shape index (κ3) is 3.85. The summed E-state index contributed by atoms with van der Waals surface area (Å²) < 4.78 is 16.5. The Bertz CT molecular complexity index is 546. The van der Waals surface area contributed by atoms with E-state index < -0.39 is 0 Å². The van der Waals surface area contributed by atoms with Gasteiger partial charge >= 0.3 is 0 Å². The molecule has 2 saturated heterocycles. The SMILES string of the molecule is COc1cc(CC(=O)N2CCC(C3OCCO3)CC2)ccc1C. The first-order chi connectivity index (χ1) is 11.2. The van der Waals surface area contributed by atoms with E-state index in [4.69, 9.17) is 14.2 Å². The van der Waals surface area contributed by atoms with Crippen LogP contribution < -0.4 is 4.74 Å². The number of piperidine rings is 1. The van der Waals surface area contributed by atoms with E-state index in [0.717, 1.165) is 42.8 Å². The van der Waals surface area contributed by atoms with Crippen LogP contribution in [-0.2, 0) is 20.7 Å². The number of amides is 1. The summed E-state index contributed by atoms with van der Waals surface area (Å²) in [5.74, 6) is 1.44. The first kappa shape index (κ1) is 16.3. The molecule has 23 heavy (non-hydrogen) atoms. The van der Waals surface area contributed by atoms with Gasteiger partial charge in [-0.1, -0.05) is 12.1 Å². The van der Waals surface area contributed by atoms with Gasteiger partial charge in [-0.2, -0.15) is 0 Å². The van der Waals surface area contributed by atoms with E-state index in [1.807, 2.05) is 30.0 Å². The number of hydrogen-bond donors (Lipinski definition) is 0. The Morgan fingerprint density at radius 2 is 1.96 bits per heavy atom. The van der Waals surface area contributed by atoms with E-state index in [-0.39, 0.29) is 12.2 Å². The van der Waals surface area contributed by atoms with Crippen LogP contribution >= 0.6 is 0 Å². The van der Waals surface area contributed by atoms with E-state index in [1.165, 1.54) is 0 Å². The predicted octanol–water partition coefficient (Wildman–Crippen LogP) is 2.16. The number of aryl methyl sites for hydroxylation is 1. The Labute approximate surface area is 137 Å². The molecule has 2 heterocycles. The van der Waals surface area contributed by atoms with Crippen molar-refractivity contribution in [2.75, 3.05) is 33.4 Å². The lowest BCUT2D eigenvalue weighted by atomic mass is 9.95. The summed E-state index contributed by atoms with van der Waals surface area (Å²) in [5.41, 5.74) is 2.09. The molecule has 1 amide bonds. The quantitative estimate of drug-likeness (QED) is 0.853. The van der Waals surface area contributed by atoms with Crippen LogP contribution in [0, 0.1) is 12.8 Å². The molecule has 0 N–H and O–H groups in total. The van der Waals surface area contributed by atoms with E-state index >= 15 is 0 Å². The summed E-state index contributed by atoms with van der Waals surface area (Å²) in [5, 5.41) is 0. The summed E-state index contributed by atoms with van der Waals surface area (Å²) >= 11 is 0. The molecule has 2 aliphatic rings. The minimum Gasteiger partial charge on any atom is -0.496 e. The van der Waals surface area contributed by atoms with Gasteiger partial charge in [0.1, 0.15) is 5.75 Å². The molecule has 0 unspecified atom stereocenters. The minimum absolute atomic E-state index is 0.0615. The third-order valence-corrected chi connectivity index (χ3v) is 4.75. The van der Waals surface area contributed by atoms with Crippen molar-refractivity contribution in [2.24, 2.45) is 5.92 Å². The molecule has 0 aromatic heterocycles. The molecular weight excluding hydrogens is 294 g/mol. The first-order valence-corrected chi connectivity index (χ1v) is 8.32. The van der Waals surface area contributed by atoms with Crippen LogP contribution in [0.1, 0.15) is 24.0 Å². The summed E-state index contributed by atoms with van der Waals surface area (Å²) in [7, 11) is 1.66. The molecule has 0 atom stereocenters. The van der Waals surface area contributed by atoms with Crippen LogP contribution in [0.25, 0.3) is 0 Å². The first-order valence-electron chi connectivity index (χ1n) is 8.32. The van der Waals surface area contributed by atoms with E-state index in [9.17, 15) is 4.79 Å². The number of ether oxygens (including phenoxy) is 3. The fourth-order valence-electron chi connectivity index (χ4n) is 3.33. The van der Waals surface area contributed by atoms with Gasteiger partial charge < -0.3 is 19.1 Å². The Hall–Kier alpha value is -1.59. The lowest BCUT2D eigenvalue weighted by Gasteiger charge is -2.34. The summed E-state index contributed by atoms with van der Waals surface area (Å²) in [6, 6.07) is 5.96. The topological polar surface area (TPSA) is 48.0 Å². The predicted molar refractivity (Wildman–Crippen MR) is 86.4 cm³/mol. The maximum Gasteiger partial charge on any atom is 0.226 e. The average Bonchev–Trinajstić information content (AvgIpc) is 3.11. The van der Waals surface area contributed by atoms with Crippen molar-refractivity contribution in [2.45, 2.75) is 32.5 Å². The molecule has 0 spiro atoms. The monoisotopic (exact) mass is 319 g/mol. The lowest BCUT2D eigenvalue weighted by Crippen LogP contribution is -2.42. The lowest BCUT2D eigenvalue weighted by molar-refractivity contribution is -0.136. The summed E-state index contributed by atoms with van der Waals surface area (Å²) in [4.78, 5) is 14.5. The number of nitrogens with zero attached hydrogens (tertiary/aromatic N) is 1. The fourth-order valence-corrected chi connectivity index (χ4v) is 3.33. The van der Waals surface area contributed by atoms with Crippen LogP contribution in [0.3, 0.4) is 0 Å². The number of carbonyl (C=O) groups is 1. The largest absolute Gasteiger partial charge is 0.496 e. The molecule has 126 valence electrons. The van der Waals surface area contributed by atoms with E-state index in [2.05, 4.69) is 0 Å². The van der Waals surface area contributed by atoms with Gasteiger partial charge in [-0.25, -0.2) is 0 Å². The van der Waals surface area contributed by atoms with Crippen molar-refractivity contribution >= 4 is 5.91 Å². The van der Waals surface area contributed by atoms with Crippen molar-refractivity contribution in [3.8, 4) is 5.75 Å². The van der Waals surface area contributed by atoms with Crippen LogP contribution in [0.4, 0.5) is 0 Å². The fraction of sp³-hybridized carbons (Fsp3) is 0.611. The van der Waals surface area contributed by atoms with E-state index in [0.29, 0.717) is 25.6 Å². The van der Waals surface area contributed by atoms with Gasteiger partial charge in [0.05, 0.1) is 26.7 Å². The second-order valence-corrected chi connectivity index (χ2v) is 6.31. The Balaban J connectivity index is 1.53. The number of methoxy groups -OCH3 is 1. The molecule has 0 radical (unpaired) electrons. The van der Waals surface area contributed by atoms with Crippen molar-refractivity contribution in [3.63, 3.8) is 0 Å². The Morgan fingerprint density at radius 1 is 1.26 bits per heavy atom. The molecule has 1 aromatic carbocycles. The Morgan fingerprint density at radius 3 is 2.61 bits per heavy atom. The standard InChI is InChI=1S/C18H25NO4/c1-13-3-4-14(11-16(13)21-2)12-17(20)19-7-5-15(6-8-19)18-22-9-10-23-18/h3-4,11,15,18H,5-10,12H2,1-2H3. The van der Waals surface area contributed by atoms with Crippen molar-refractivity contribution in [1.82, 2.24) is 4.90 Å². The molecule has 3 rings (SSSR count). The Kier molecular flexibility index (Phi) is 5.18. The maximum atomic E-state index is 12.5. The third-order valence-electron chi connectivity index (χ3n) is 4.75. The zero-order valence-corrected chi connectivity index (χ0v) is 13.9. The van der Waals surface area contributed by atoms with Gasteiger partial charge in [-0.3, -0.25) is 4.79 Å². The molecule has 5 heteroatoms. The normalized spacial score (nSPS) is 20.0. The van der Waals surface area contributed by atoms with Crippen LogP contribution in [0.5, 0.6) is 5.75 Å². The molecule has 2 aliphatic heterocycles. The van der Waals surface area contributed by atoms with Crippen LogP contribution in [-0.4, -0.2) is 50.5 Å². The van der Waals surface area contributed by atoms with Gasteiger partial charge in [0.15, 0.2) is 6.29 Å². The zero-order valence-electron chi connectivity index (χ0n) is 13.9. The number of benzene rings is 1. The van der Waals surface area contributed by atoms with E-state index in [1.54, 1.807) is 7.11 Å². The second kappa shape index (κ2) is 7.32. The van der Waals surface area contributed by atoms with Gasteiger partial charge in [-0.05, 0) is 37.0 Å². The highest BCUT2D eigenvalue weighted by Crippen LogP contribution is 2.26. The van der Waals surface area contributed by atoms with Crippen LogP contribution in [0.15, 0.2) is 18.2 Å². The van der Waals surface area contributed by atoms with Crippen molar-refractivity contribution in [1.29, 1.82) is 0 Å². The van der Waals surface area contributed by atoms with Crippen molar-refractivity contribution in [3.05, 3.63) is 29.3 Å². The van der Waals surface area contributed by atoms with Gasteiger partial charge in [0.25, 0.3) is 0 Å². The number of rotatable bonds is 4. The number of carbonyl (C=O) groups excluding carboxylic acids is 1. The average molecular weight is 319 g/mol. The summed E-state index contributed by atoms with van der Waals surface area (Å²) in [6.45, 7) is 4.96. The second-order valence-electron chi connectivity index (χ2n) is 6.31. The van der Waals surface area contributed by atoms with Gasteiger partial charge in [-0.15, -0.1) is 0 Å². The molecular formula is C18H25NO4. The number of likely N-dealkylation sites (tertiary alicyclic amines) is 1. The highest BCUT2D eigenvalue weighted by Gasteiger charge is 2.31. The summed E-state index contributed by atoms with van der Waals surface area (Å²) in [6.07, 6.45) is 2.27. The smallest absolute Gasteiger partial charge is 0.226 e. The molecule has 5 nitrogen and oxygen atoms in total. The minimum atomic E-state index is -0.0615. The zero-order chi connectivity index (χ0) is 16.2. The molecule has 0 aliphatic carbocycles. The van der Waals surface area contributed by atoms with Gasteiger partial charge in [0, 0.05) is 19.0 Å². The maximum absolute atomic E-state index is 12.5. The molecule has 0 bridgehead atoms. The highest BCUT2D eigenvalue weighted by molar-refractivity contribution is 5.79. The molecule has 0 saturated carbocycles. The number of hydrogen-bond acceptors (Lipinski definition) is 4. The molecule has 1 aromatic rings.